The third-order valence-electron chi connectivity index (χ3n) is 1.97. The molecule has 2 heteroatoms. The first kappa shape index (κ1) is 6.75. The standard InChI is InChI=1S/C7H13NO/c1-5-3-4-8-7(5)6(2)9/h5,7-8H,3-4H2,1-2H3/t5-,7-/m0/s1. The molecule has 1 rings (SSSR count). The van der Waals surface area contributed by atoms with Gasteiger partial charge in [-0.15, -0.1) is 0 Å². The minimum atomic E-state index is 0.144. The third kappa shape index (κ3) is 1.30. The Morgan fingerprint density at radius 2 is 2.33 bits per heavy atom. The van der Waals surface area contributed by atoms with Gasteiger partial charge in [-0.2, -0.15) is 0 Å². The summed E-state index contributed by atoms with van der Waals surface area (Å²) in [5, 5.41) is 3.16. The van der Waals surface area contributed by atoms with Crippen LogP contribution in [0.4, 0.5) is 0 Å². The highest BCUT2D eigenvalue weighted by Crippen LogP contribution is 2.14. The van der Waals surface area contributed by atoms with Crippen LogP contribution in [0.1, 0.15) is 20.3 Å². The molecule has 1 saturated heterocycles. The molecule has 1 heterocycles. The summed E-state index contributed by atoms with van der Waals surface area (Å²) in [6.07, 6.45) is 1.14. The number of hydrogen-bond acceptors (Lipinski definition) is 2. The average molecular weight is 127 g/mol. The zero-order chi connectivity index (χ0) is 6.85. The lowest BCUT2D eigenvalue weighted by atomic mass is 10.0. The van der Waals surface area contributed by atoms with E-state index in [1.165, 1.54) is 0 Å². The lowest BCUT2D eigenvalue weighted by Gasteiger charge is -2.09. The van der Waals surface area contributed by atoms with Gasteiger partial charge in [-0.05, 0) is 25.8 Å². The first-order valence-electron chi connectivity index (χ1n) is 3.45. The first-order chi connectivity index (χ1) is 4.22. The summed E-state index contributed by atoms with van der Waals surface area (Å²) in [5.41, 5.74) is 0. The van der Waals surface area contributed by atoms with E-state index in [-0.39, 0.29) is 11.8 Å². The second-order valence-electron chi connectivity index (χ2n) is 2.81. The molecule has 2 nitrogen and oxygen atoms in total. The van der Waals surface area contributed by atoms with Gasteiger partial charge in [0.2, 0.25) is 0 Å². The fourth-order valence-corrected chi connectivity index (χ4v) is 1.38. The smallest absolute Gasteiger partial charge is 0.146 e. The molecule has 0 bridgehead atoms. The lowest BCUT2D eigenvalue weighted by Crippen LogP contribution is -2.32. The molecule has 2 atom stereocenters. The Morgan fingerprint density at radius 3 is 2.56 bits per heavy atom. The van der Waals surface area contributed by atoms with Crippen LogP contribution in [0.2, 0.25) is 0 Å². The molecule has 0 radical (unpaired) electrons. The van der Waals surface area contributed by atoms with Crippen molar-refractivity contribution in [1.29, 1.82) is 0 Å². The molecular formula is C7H13NO. The first-order valence-corrected chi connectivity index (χ1v) is 3.45. The van der Waals surface area contributed by atoms with Crippen molar-refractivity contribution in [1.82, 2.24) is 5.32 Å². The van der Waals surface area contributed by atoms with Crippen LogP contribution >= 0.6 is 0 Å². The van der Waals surface area contributed by atoms with Crippen molar-refractivity contribution in [3.8, 4) is 0 Å². The van der Waals surface area contributed by atoms with Crippen LogP contribution in [0.5, 0.6) is 0 Å². The van der Waals surface area contributed by atoms with E-state index in [1.54, 1.807) is 6.92 Å². The van der Waals surface area contributed by atoms with Crippen molar-refractivity contribution in [2.45, 2.75) is 26.3 Å². The van der Waals surface area contributed by atoms with Gasteiger partial charge in [0, 0.05) is 0 Å². The molecule has 1 N–H and O–H groups in total. The maximum atomic E-state index is 10.8. The minimum Gasteiger partial charge on any atom is -0.307 e. The molecule has 0 aromatic rings. The number of hydrogen-bond donors (Lipinski definition) is 1. The van der Waals surface area contributed by atoms with Gasteiger partial charge >= 0.3 is 0 Å². The van der Waals surface area contributed by atoms with Crippen molar-refractivity contribution < 1.29 is 4.79 Å². The topological polar surface area (TPSA) is 29.1 Å². The van der Waals surface area contributed by atoms with E-state index in [0.29, 0.717) is 5.92 Å². The van der Waals surface area contributed by atoms with Gasteiger partial charge in [0.05, 0.1) is 6.04 Å². The van der Waals surface area contributed by atoms with Gasteiger partial charge in [0.1, 0.15) is 5.78 Å². The van der Waals surface area contributed by atoms with Gasteiger partial charge in [-0.25, -0.2) is 0 Å². The van der Waals surface area contributed by atoms with Gasteiger partial charge in [0.25, 0.3) is 0 Å². The molecule has 9 heavy (non-hydrogen) atoms. The van der Waals surface area contributed by atoms with Gasteiger partial charge in [-0.3, -0.25) is 4.79 Å². The van der Waals surface area contributed by atoms with E-state index in [1.807, 2.05) is 0 Å². The number of rotatable bonds is 1. The van der Waals surface area contributed by atoms with Crippen LogP contribution in [0.15, 0.2) is 0 Å². The van der Waals surface area contributed by atoms with E-state index < -0.39 is 0 Å². The highest BCUT2D eigenvalue weighted by Gasteiger charge is 2.25. The molecule has 0 amide bonds. The highest BCUT2D eigenvalue weighted by molar-refractivity contribution is 5.82. The highest BCUT2D eigenvalue weighted by atomic mass is 16.1. The summed E-state index contributed by atoms with van der Waals surface area (Å²) in [7, 11) is 0. The van der Waals surface area contributed by atoms with E-state index in [2.05, 4.69) is 12.2 Å². The van der Waals surface area contributed by atoms with Gasteiger partial charge in [-0.1, -0.05) is 6.92 Å². The molecular weight excluding hydrogens is 114 g/mol. The maximum Gasteiger partial charge on any atom is 0.146 e. The lowest BCUT2D eigenvalue weighted by molar-refractivity contribution is -0.119. The average Bonchev–Trinajstić information content (AvgIpc) is 2.13. The number of carbonyl (C=O) groups is 1. The van der Waals surface area contributed by atoms with E-state index >= 15 is 0 Å². The molecule has 0 aromatic carbocycles. The quantitative estimate of drug-likeness (QED) is 0.558. The van der Waals surface area contributed by atoms with Crippen LogP contribution < -0.4 is 5.32 Å². The largest absolute Gasteiger partial charge is 0.307 e. The van der Waals surface area contributed by atoms with Crippen LogP contribution in [0.3, 0.4) is 0 Å². The summed E-state index contributed by atoms with van der Waals surface area (Å²) in [5.74, 6) is 0.822. The SMILES string of the molecule is CC(=O)[C@H]1NCC[C@@H]1C. The van der Waals surface area contributed by atoms with Crippen molar-refractivity contribution in [3.63, 3.8) is 0 Å². The maximum absolute atomic E-state index is 10.8. The van der Waals surface area contributed by atoms with Crippen molar-refractivity contribution in [3.05, 3.63) is 0 Å². The van der Waals surface area contributed by atoms with Crippen LogP contribution in [0.25, 0.3) is 0 Å². The Labute approximate surface area is 55.6 Å². The molecule has 1 aliphatic rings. The Hall–Kier alpha value is -0.370. The molecule has 1 fully saturated rings. The molecule has 0 spiro atoms. The van der Waals surface area contributed by atoms with Crippen molar-refractivity contribution >= 4 is 5.78 Å². The van der Waals surface area contributed by atoms with Crippen LogP contribution in [-0.2, 0) is 4.79 Å². The fraction of sp³-hybridized carbons (Fsp3) is 0.857. The molecule has 1 aliphatic heterocycles. The number of carbonyl (C=O) groups excluding carboxylic acids is 1. The fourth-order valence-electron chi connectivity index (χ4n) is 1.38. The van der Waals surface area contributed by atoms with E-state index in [4.69, 9.17) is 0 Å². The summed E-state index contributed by atoms with van der Waals surface area (Å²) in [6, 6.07) is 0.144. The number of Topliss-reactive ketones (excluding diaryl/α,β-unsaturated/α-hetero) is 1. The Morgan fingerprint density at radius 1 is 1.67 bits per heavy atom. The molecule has 52 valence electrons. The molecule has 0 aliphatic carbocycles. The normalized spacial score (nSPS) is 34.9. The number of nitrogens with one attached hydrogen (secondary N) is 1. The monoisotopic (exact) mass is 127 g/mol. The van der Waals surface area contributed by atoms with Crippen molar-refractivity contribution in [2.75, 3.05) is 6.54 Å². The van der Waals surface area contributed by atoms with Crippen LogP contribution in [0, 0.1) is 5.92 Å². The minimum absolute atomic E-state index is 0.144. The summed E-state index contributed by atoms with van der Waals surface area (Å²) in [4.78, 5) is 10.8. The van der Waals surface area contributed by atoms with Crippen LogP contribution in [-0.4, -0.2) is 18.4 Å². The summed E-state index contributed by atoms with van der Waals surface area (Å²) in [6.45, 7) is 4.77. The van der Waals surface area contributed by atoms with E-state index in [9.17, 15) is 4.79 Å². The summed E-state index contributed by atoms with van der Waals surface area (Å²) < 4.78 is 0. The van der Waals surface area contributed by atoms with Crippen molar-refractivity contribution in [2.24, 2.45) is 5.92 Å². The second kappa shape index (κ2) is 2.48. The molecule has 0 unspecified atom stereocenters. The van der Waals surface area contributed by atoms with Gasteiger partial charge < -0.3 is 5.32 Å². The Kier molecular flexibility index (Phi) is 1.86. The summed E-state index contributed by atoms with van der Waals surface area (Å²) >= 11 is 0. The molecule has 0 saturated carbocycles. The molecule has 0 aromatic heterocycles. The van der Waals surface area contributed by atoms with E-state index in [0.717, 1.165) is 13.0 Å². The zero-order valence-electron chi connectivity index (χ0n) is 5.98. The zero-order valence-corrected chi connectivity index (χ0v) is 5.98. The predicted octanol–water partition coefficient (Wildman–Crippen LogP) is 0.573. The third-order valence-corrected chi connectivity index (χ3v) is 1.97. The Balaban J connectivity index is 2.49. The number of ketones is 1. The van der Waals surface area contributed by atoms with Gasteiger partial charge in [0.15, 0.2) is 0 Å². The Bertz CT molecular complexity index is 122. The predicted molar refractivity (Wildman–Crippen MR) is 36.3 cm³/mol. The second-order valence-corrected chi connectivity index (χ2v) is 2.81.